The number of hydrogen-bond donors (Lipinski definition) is 1. The third kappa shape index (κ3) is 5.69. The van der Waals surface area contributed by atoms with Crippen LogP contribution < -0.4 is 5.32 Å². The largest absolute Gasteiger partial charge is 0.416 e. The molecule has 0 aliphatic rings. The molecule has 0 spiro atoms. The fourth-order valence-electron chi connectivity index (χ4n) is 4.05. The molecular formula is C28H20ClF3N4OS. The fourth-order valence-corrected chi connectivity index (χ4v) is 5.14. The van der Waals surface area contributed by atoms with Gasteiger partial charge in [0.2, 0.25) is 0 Å². The first-order valence-electron chi connectivity index (χ1n) is 11.5. The van der Waals surface area contributed by atoms with E-state index in [1.165, 1.54) is 17.8 Å². The maximum Gasteiger partial charge on any atom is 0.416 e. The zero-order valence-electron chi connectivity index (χ0n) is 19.7. The molecule has 1 aromatic heterocycles. The minimum Gasteiger partial charge on any atom is -0.345 e. The van der Waals surface area contributed by atoms with Crippen molar-refractivity contribution in [2.24, 2.45) is 0 Å². The topological polar surface area (TPSA) is 59.8 Å². The van der Waals surface area contributed by atoms with Gasteiger partial charge >= 0.3 is 6.18 Å². The molecule has 0 saturated carbocycles. The maximum atomic E-state index is 13.1. The third-order valence-electron chi connectivity index (χ3n) is 5.83. The fraction of sp³-hybridized carbons (Fsp3) is 0.107. The van der Waals surface area contributed by atoms with Crippen LogP contribution in [0, 0.1) is 0 Å². The first-order valence-corrected chi connectivity index (χ1v) is 12.9. The highest BCUT2D eigenvalue weighted by Gasteiger charge is 2.30. The van der Waals surface area contributed by atoms with Gasteiger partial charge in [-0.3, -0.25) is 9.36 Å². The van der Waals surface area contributed by atoms with Crippen molar-refractivity contribution >= 4 is 40.0 Å². The number of benzene rings is 4. The quantitative estimate of drug-likeness (QED) is 0.215. The molecule has 5 rings (SSSR count). The molecule has 1 heterocycles. The standard InChI is InChI=1S/C28H20ClF3N4OS/c29-21-10-5-11-22(15-21)36-25(16-33-26(37)24-13-4-8-19-7-1-2-12-23(19)24)34-35-27(36)38-17-18-6-3-9-20(14-18)28(30,31)32/h1-15H,16-17H2,(H,33,37). The monoisotopic (exact) mass is 552 g/mol. The van der Waals surface area contributed by atoms with Crippen LogP contribution >= 0.6 is 23.4 Å². The number of nitrogens with zero attached hydrogens (tertiary/aromatic N) is 3. The van der Waals surface area contributed by atoms with Gasteiger partial charge in [0, 0.05) is 16.3 Å². The highest BCUT2D eigenvalue weighted by molar-refractivity contribution is 7.98. The molecular weight excluding hydrogens is 533 g/mol. The zero-order valence-corrected chi connectivity index (χ0v) is 21.3. The van der Waals surface area contributed by atoms with Crippen LogP contribution in [0.4, 0.5) is 13.2 Å². The first kappa shape index (κ1) is 25.8. The van der Waals surface area contributed by atoms with E-state index < -0.39 is 11.7 Å². The van der Waals surface area contributed by atoms with Crippen molar-refractivity contribution in [1.29, 1.82) is 0 Å². The van der Waals surface area contributed by atoms with Crippen molar-refractivity contribution in [3.05, 3.63) is 119 Å². The lowest BCUT2D eigenvalue weighted by Crippen LogP contribution is -2.25. The van der Waals surface area contributed by atoms with Gasteiger partial charge in [-0.1, -0.05) is 84.0 Å². The first-order chi connectivity index (χ1) is 18.3. The minimum absolute atomic E-state index is 0.0751. The molecule has 0 aliphatic heterocycles. The van der Waals surface area contributed by atoms with Gasteiger partial charge in [-0.2, -0.15) is 13.2 Å². The van der Waals surface area contributed by atoms with Crippen LogP contribution in [0.2, 0.25) is 5.02 Å². The average Bonchev–Trinajstić information content (AvgIpc) is 3.32. The van der Waals surface area contributed by atoms with E-state index in [1.54, 1.807) is 34.9 Å². The van der Waals surface area contributed by atoms with Crippen LogP contribution in [0.15, 0.2) is 96.2 Å². The summed E-state index contributed by atoms with van der Waals surface area (Å²) in [6, 6.07) is 25.4. The van der Waals surface area contributed by atoms with Gasteiger partial charge in [0.1, 0.15) is 0 Å². The number of nitrogens with one attached hydrogen (secondary N) is 1. The number of thioether (sulfide) groups is 1. The molecule has 4 aromatic carbocycles. The molecule has 38 heavy (non-hydrogen) atoms. The van der Waals surface area contributed by atoms with Crippen molar-refractivity contribution in [3.8, 4) is 5.69 Å². The number of hydrogen-bond acceptors (Lipinski definition) is 4. The van der Waals surface area contributed by atoms with E-state index >= 15 is 0 Å². The van der Waals surface area contributed by atoms with Crippen molar-refractivity contribution < 1.29 is 18.0 Å². The Hall–Kier alpha value is -3.82. The lowest BCUT2D eigenvalue weighted by Gasteiger charge is -2.12. The number of carbonyl (C=O) groups excluding carboxylic acids is 1. The van der Waals surface area contributed by atoms with Crippen LogP contribution in [0.25, 0.3) is 16.5 Å². The number of amides is 1. The predicted molar refractivity (Wildman–Crippen MR) is 142 cm³/mol. The highest BCUT2D eigenvalue weighted by atomic mass is 35.5. The molecule has 0 aliphatic carbocycles. The lowest BCUT2D eigenvalue weighted by molar-refractivity contribution is -0.137. The Morgan fingerprint density at radius 2 is 1.68 bits per heavy atom. The molecule has 0 bridgehead atoms. The summed E-state index contributed by atoms with van der Waals surface area (Å²) < 4.78 is 41.2. The maximum absolute atomic E-state index is 13.1. The Bertz CT molecular complexity index is 1610. The van der Waals surface area contributed by atoms with Crippen molar-refractivity contribution in [2.45, 2.75) is 23.6 Å². The summed E-state index contributed by atoms with van der Waals surface area (Å²) in [4.78, 5) is 13.1. The van der Waals surface area contributed by atoms with E-state index in [0.717, 1.165) is 22.9 Å². The van der Waals surface area contributed by atoms with E-state index in [9.17, 15) is 18.0 Å². The van der Waals surface area contributed by atoms with Crippen molar-refractivity contribution in [3.63, 3.8) is 0 Å². The van der Waals surface area contributed by atoms with Crippen LogP contribution in [-0.4, -0.2) is 20.7 Å². The van der Waals surface area contributed by atoms with Crippen LogP contribution in [-0.2, 0) is 18.5 Å². The highest BCUT2D eigenvalue weighted by Crippen LogP contribution is 2.32. The van der Waals surface area contributed by atoms with E-state index in [-0.39, 0.29) is 18.2 Å². The summed E-state index contributed by atoms with van der Waals surface area (Å²) in [5.41, 5.74) is 1.000. The molecule has 0 atom stereocenters. The van der Waals surface area contributed by atoms with Crippen LogP contribution in [0.3, 0.4) is 0 Å². The molecule has 1 amide bonds. The number of rotatable bonds is 7. The second-order valence-corrected chi connectivity index (χ2v) is 9.79. The summed E-state index contributed by atoms with van der Waals surface area (Å²) in [6.45, 7) is 0.0751. The molecule has 0 fully saturated rings. The molecule has 10 heteroatoms. The Labute approximate surface area is 225 Å². The zero-order chi connectivity index (χ0) is 26.7. The molecule has 5 nitrogen and oxygen atoms in total. The number of aromatic nitrogens is 3. The molecule has 0 unspecified atom stereocenters. The van der Waals surface area contributed by atoms with E-state index in [4.69, 9.17) is 11.6 Å². The number of fused-ring (bicyclic) bond motifs is 1. The van der Waals surface area contributed by atoms with Gasteiger partial charge in [0.15, 0.2) is 11.0 Å². The second kappa shape index (κ2) is 10.9. The summed E-state index contributed by atoms with van der Waals surface area (Å²) in [5.74, 6) is 0.429. The molecule has 1 N–H and O–H groups in total. The van der Waals surface area contributed by atoms with Crippen molar-refractivity contribution in [2.75, 3.05) is 0 Å². The molecule has 5 aromatic rings. The minimum atomic E-state index is -4.42. The Morgan fingerprint density at radius 3 is 2.50 bits per heavy atom. The van der Waals surface area contributed by atoms with Crippen molar-refractivity contribution in [1.82, 2.24) is 20.1 Å². The van der Waals surface area contributed by atoms with Gasteiger partial charge in [0.05, 0.1) is 17.8 Å². The third-order valence-corrected chi connectivity index (χ3v) is 7.07. The summed E-state index contributed by atoms with van der Waals surface area (Å²) in [7, 11) is 0. The molecule has 192 valence electrons. The average molecular weight is 553 g/mol. The van der Waals surface area contributed by atoms with E-state index in [0.29, 0.717) is 32.8 Å². The normalized spacial score (nSPS) is 11.6. The second-order valence-electron chi connectivity index (χ2n) is 8.41. The van der Waals surface area contributed by atoms with Gasteiger partial charge < -0.3 is 5.32 Å². The van der Waals surface area contributed by atoms with Gasteiger partial charge in [-0.25, -0.2) is 0 Å². The smallest absolute Gasteiger partial charge is 0.345 e. The number of halogens is 4. The van der Waals surface area contributed by atoms with E-state index in [1.807, 2.05) is 42.5 Å². The number of carbonyl (C=O) groups is 1. The molecule has 0 saturated heterocycles. The Balaban J connectivity index is 1.40. The van der Waals surface area contributed by atoms with Gasteiger partial charge in [0.25, 0.3) is 5.91 Å². The SMILES string of the molecule is O=C(NCc1nnc(SCc2cccc(C(F)(F)F)c2)n1-c1cccc(Cl)c1)c1cccc2ccccc12. The predicted octanol–water partition coefficient (Wildman–Crippen LogP) is 7.32. The van der Waals surface area contributed by atoms with E-state index in [2.05, 4.69) is 15.5 Å². The number of alkyl halides is 3. The summed E-state index contributed by atoms with van der Waals surface area (Å²) in [6.07, 6.45) is -4.42. The summed E-state index contributed by atoms with van der Waals surface area (Å²) in [5, 5.41) is 14.2. The Morgan fingerprint density at radius 1 is 0.921 bits per heavy atom. The van der Waals surface area contributed by atoms with Crippen LogP contribution in [0.5, 0.6) is 0 Å². The lowest BCUT2D eigenvalue weighted by atomic mass is 10.0. The summed E-state index contributed by atoms with van der Waals surface area (Å²) >= 11 is 7.47. The van der Waals surface area contributed by atoms with Gasteiger partial charge in [-0.05, 0) is 46.7 Å². The van der Waals surface area contributed by atoms with Gasteiger partial charge in [-0.15, -0.1) is 10.2 Å². The molecule has 0 radical (unpaired) electrons. The van der Waals surface area contributed by atoms with Crippen LogP contribution in [0.1, 0.15) is 27.3 Å². The Kier molecular flexibility index (Phi) is 7.40.